The van der Waals surface area contributed by atoms with Crippen molar-refractivity contribution in [1.82, 2.24) is 0 Å². The maximum absolute atomic E-state index is 11.8. The normalized spacial score (nSPS) is 40.3. The lowest BCUT2D eigenvalue weighted by molar-refractivity contribution is -0.155. The van der Waals surface area contributed by atoms with Gasteiger partial charge in [-0.25, -0.2) is 0 Å². The van der Waals surface area contributed by atoms with Gasteiger partial charge >= 0.3 is 5.97 Å². The third-order valence-corrected chi connectivity index (χ3v) is 10.9. The number of ether oxygens (including phenoxy) is 1. The molecule has 0 spiro atoms. The maximum Gasteiger partial charge on any atom is 0.302 e. The van der Waals surface area contributed by atoms with E-state index in [2.05, 4.69) is 60.6 Å². The molecule has 7 atom stereocenters. The summed E-state index contributed by atoms with van der Waals surface area (Å²) >= 11 is 0. The van der Waals surface area contributed by atoms with Crippen LogP contribution in [-0.2, 0) is 9.53 Å². The molecule has 0 amide bonds. The first-order valence-electron chi connectivity index (χ1n) is 14.0. The lowest BCUT2D eigenvalue weighted by atomic mass is 9.46. The lowest BCUT2D eigenvalue weighted by Crippen LogP contribution is -2.52. The van der Waals surface area contributed by atoms with Crippen LogP contribution in [0.4, 0.5) is 0 Å². The zero-order valence-electron chi connectivity index (χ0n) is 22.8. The molecule has 0 saturated heterocycles. The molecular formula is C31H50O2. The number of rotatable bonds is 6. The largest absolute Gasteiger partial charge is 0.462 e. The molecule has 186 valence electrons. The van der Waals surface area contributed by atoms with Gasteiger partial charge in [0.05, 0.1) is 0 Å². The van der Waals surface area contributed by atoms with Crippen molar-refractivity contribution in [2.45, 2.75) is 119 Å². The van der Waals surface area contributed by atoms with Gasteiger partial charge in [0.15, 0.2) is 0 Å². The number of carbonyl (C=O) groups is 1. The second-order valence-corrected chi connectivity index (χ2v) is 13.7. The molecule has 0 aromatic heterocycles. The van der Waals surface area contributed by atoms with Crippen molar-refractivity contribution in [2.75, 3.05) is 0 Å². The van der Waals surface area contributed by atoms with Crippen molar-refractivity contribution in [3.05, 3.63) is 23.3 Å². The molecule has 0 heterocycles. The highest BCUT2D eigenvalue weighted by Crippen LogP contribution is 2.67. The third kappa shape index (κ3) is 4.16. The zero-order valence-corrected chi connectivity index (χ0v) is 22.8. The minimum atomic E-state index is -0.141. The molecule has 33 heavy (non-hydrogen) atoms. The van der Waals surface area contributed by atoms with Gasteiger partial charge in [-0.3, -0.25) is 4.79 Å². The molecule has 4 rings (SSSR count). The summed E-state index contributed by atoms with van der Waals surface area (Å²) in [6.45, 7) is 18.6. The molecule has 3 fully saturated rings. The van der Waals surface area contributed by atoms with E-state index in [1.54, 1.807) is 12.5 Å². The van der Waals surface area contributed by atoms with Crippen LogP contribution in [0.2, 0.25) is 0 Å². The van der Waals surface area contributed by atoms with Crippen LogP contribution in [0, 0.1) is 45.8 Å². The first-order chi connectivity index (χ1) is 15.4. The molecule has 0 N–H and O–H groups in total. The van der Waals surface area contributed by atoms with Crippen molar-refractivity contribution < 1.29 is 9.53 Å². The highest BCUT2D eigenvalue weighted by atomic mass is 16.5. The topological polar surface area (TPSA) is 26.3 Å². The van der Waals surface area contributed by atoms with E-state index in [-0.39, 0.29) is 22.9 Å². The van der Waals surface area contributed by atoms with Gasteiger partial charge in [0, 0.05) is 12.3 Å². The fraction of sp³-hybridized carbons (Fsp3) is 0.839. The van der Waals surface area contributed by atoms with Gasteiger partial charge in [0.1, 0.15) is 6.10 Å². The van der Waals surface area contributed by atoms with Gasteiger partial charge in [0.2, 0.25) is 0 Å². The second-order valence-electron chi connectivity index (χ2n) is 13.7. The standard InChI is InChI=1S/C31H50O2/c1-20(2)10-9-11-21(3)24-13-14-25-23-12-15-27-29(5,6)28(33-22(4)32)17-19-31(27,8)26(23)16-18-30(24,25)7/h12,15,20-21,24-26,28H,9-11,13-14,16-19H2,1-8H3/t21-,24-,25-,26+,28-,30+,31+/m1/s1. The average molecular weight is 455 g/mol. The van der Waals surface area contributed by atoms with Gasteiger partial charge in [-0.1, -0.05) is 91.0 Å². The van der Waals surface area contributed by atoms with Crippen LogP contribution in [0.1, 0.15) is 113 Å². The summed E-state index contributed by atoms with van der Waals surface area (Å²) in [7, 11) is 0. The number of esters is 1. The summed E-state index contributed by atoms with van der Waals surface area (Å²) in [6.07, 6.45) is 16.8. The first-order valence-corrected chi connectivity index (χ1v) is 14.0. The fourth-order valence-electron chi connectivity index (χ4n) is 9.13. The van der Waals surface area contributed by atoms with Gasteiger partial charge in [-0.05, 0) is 78.9 Å². The Morgan fingerprint density at radius 3 is 2.36 bits per heavy atom. The summed E-state index contributed by atoms with van der Waals surface area (Å²) in [5.41, 5.74) is 3.90. The minimum Gasteiger partial charge on any atom is -0.462 e. The van der Waals surface area contributed by atoms with Crippen molar-refractivity contribution in [2.24, 2.45) is 45.8 Å². The number of carbonyl (C=O) groups excluding carboxylic acids is 1. The molecule has 2 heteroatoms. The van der Waals surface area contributed by atoms with Crippen molar-refractivity contribution >= 4 is 5.97 Å². The Hall–Kier alpha value is -1.05. The van der Waals surface area contributed by atoms with Crippen LogP contribution in [0.5, 0.6) is 0 Å². The monoisotopic (exact) mass is 454 g/mol. The summed E-state index contributed by atoms with van der Waals surface area (Å²) in [5, 5.41) is 0. The molecule has 0 unspecified atom stereocenters. The van der Waals surface area contributed by atoms with E-state index in [9.17, 15) is 4.79 Å². The predicted molar refractivity (Wildman–Crippen MR) is 138 cm³/mol. The summed E-state index contributed by atoms with van der Waals surface area (Å²) in [5.74, 6) is 3.84. The van der Waals surface area contributed by atoms with E-state index in [4.69, 9.17) is 4.74 Å². The molecule has 3 saturated carbocycles. The average Bonchev–Trinajstić information content (AvgIpc) is 3.07. The van der Waals surface area contributed by atoms with E-state index in [0.717, 1.165) is 36.5 Å². The highest BCUT2D eigenvalue weighted by Gasteiger charge is 2.59. The second kappa shape index (κ2) is 8.87. The molecule has 0 radical (unpaired) electrons. The van der Waals surface area contributed by atoms with Crippen molar-refractivity contribution in [3.63, 3.8) is 0 Å². The summed E-state index contributed by atoms with van der Waals surface area (Å²) in [6, 6.07) is 0. The third-order valence-electron chi connectivity index (χ3n) is 10.9. The van der Waals surface area contributed by atoms with Crippen LogP contribution in [0.25, 0.3) is 0 Å². The minimum absolute atomic E-state index is 0.000631. The van der Waals surface area contributed by atoms with Gasteiger partial charge in [-0.15, -0.1) is 0 Å². The Morgan fingerprint density at radius 2 is 1.70 bits per heavy atom. The van der Waals surface area contributed by atoms with Gasteiger partial charge in [-0.2, -0.15) is 0 Å². The molecular weight excluding hydrogens is 404 g/mol. The van der Waals surface area contributed by atoms with E-state index >= 15 is 0 Å². The number of hydrogen-bond acceptors (Lipinski definition) is 2. The fourth-order valence-corrected chi connectivity index (χ4v) is 9.13. The van der Waals surface area contributed by atoms with Crippen molar-refractivity contribution in [1.29, 1.82) is 0 Å². The van der Waals surface area contributed by atoms with Crippen molar-refractivity contribution in [3.8, 4) is 0 Å². The molecule has 4 aliphatic carbocycles. The number of hydrogen-bond donors (Lipinski definition) is 0. The quantitative estimate of drug-likeness (QED) is 0.376. The Balaban J connectivity index is 1.58. The zero-order chi connectivity index (χ0) is 24.2. The van der Waals surface area contributed by atoms with Gasteiger partial charge in [0.25, 0.3) is 0 Å². The van der Waals surface area contributed by atoms with E-state index in [1.807, 2.05) is 0 Å². The molecule has 0 aromatic rings. The molecule has 0 aliphatic heterocycles. The molecule has 4 aliphatic rings. The van der Waals surface area contributed by atoms with E-state index in [0.29, 0.717) is 11.3 Å². The van der Waals surface area contributed by atoms with Crippen LogP contribution in [0.3, 0.4) is 0 Å². The number of fused-ring (bicyclic) bond motifs is 5. The van der Waals surface area contributed by atoms with E-state index in [1.165, 1.54) is 50.5 Å². The maximum atomic E-state index is 11.8. The van der Waals surface area contributed by atoms with Gasteiger partial charge < -0.3 is 4.74 Å². The lowest BCUT2D eigenvalue weighted by Gasteiger charge is -2.58. The number of allylic oxidation sites excluding steroid dienone is 3. The smallest absolute Gasteiger partial charge is 0.302 e. The molecule has 0 bridgehead atoms. The Morgan fingerprint density at radius 1 is 0.970 bits per heavy atom. The SMILES string of the molecule is CC(=O)O[C@@H]1CC[C@]2(C)C(=CC=C3[C@H]4CC[C@H]([C@H](C)CCCC(C)C)[C@]4(C)CC[C@@H]32)C1(C)C. The summed E-state index contributed by atoms with van der Waals surface area (Å²) < 4.78 is 5.81. The highest BCUT2D eigenvalue weighted by molar-refractivity contribution is 5.66. The Labute approximate surface area is 204 Å². The van der Waals surface area contributed by atoms with Crippen LogP contribution in [-0.4, -0.2) is 12.1 Å². The Kier molecular flexibility index (Phi) is 6.73. The first kappa shape index (κ1) is 25.1. The predicted octanol–water partition coefficient (Wildman–Crippen LogP) is 8.52. The Bertz CT molecular complexity index is 817. The van der Waals surface area contributed by atoms with Crippen LogP contribution >= 0.6 is 0 Å². The molecule has 2 nitrogen and oxygen atoms in total. The summed E-state index contributed by atoms with van der Waals surface area (Å²) in [4.78, 5) is 11.8. The van der Waals surface area contributed by atoms with Crippen LogP contribution in [0.15, 0.2) is 23.3 Å². The molecule has 0 aromatic carbocycles. The van der Waals surface area contributed by atoms with Crippen LogP contribution < -0.4 is 0 Å². The van der Waals surface area contributed by atoms with E-state index < -0.39 is 0 Å².